The van der Waals surface area contributed by atoms with E-state index in [0.717, 1.165) is 0 Å². The van der Waals surface area contributed by atoms with Gasteiger partial charge in [-0.2, -0.15) is 0 Å². The van der Waals surface area contributed by atoms with Gasteiger partial charge >= 0.3 is 6.03 Å². The number of urea groups is 1. The Hall–Kier alpha value is -1.30. The highest BCUT2D eigenvalue weighted by molar-refractivity contribution is 5.86. The van der Waals surface area contributed by atoms with Crippen LogP contribution in [0.4, 0.5) is 4.79 Å². The van der Waals surface area contributed by atoms with Crippen LogP contribution in [0.3, 0.4) is 0 Å². The van der Waals surface area contributed by atoms with Gasteiger partial charge in [0.05, 0.1) is 6.10 Å². The summed E-state index contributed by atoms with van der Waals surface area (Å²) in [6.07, 6.45) is 0.126. The Balaban J connectivity index is 2.70. The van der Waals surface area contributed by atoms with Gasteiger partial charge in [0, 0.05) is 20.1 Å². The van der Waals surface area contributed by atoms with Gasteiger partial charge in [-0.15, -0.1) is 0 Å². The largest absolute Gasteiger partial charge is 0.391 e. The number of amides is 3. The Kier molecular flexibility index (Phi) is 4.34. The molecule has 0 aromatic rings. The molecule has 0 aromatic heterocycles. The number of primary amides is 1. The molecule has 0 radical (unpaired) electrons. The van der Waals surface area contributed by atoms with E-state index in [1.807, 2.05) is 13.8 Å². The predicted molar refractivity (Wildman–Crippen MR) is 63.2 cm³/mol. The predicted octanol–water partition coefficient (Wildman–Crippen LogP) is -0.385. The van der Waals surface area contributed by atoms with Crippen LogP contribution in [0.5, 0.6) is 0 Å². The van der Waals surface area contributed by atoms with Gasteiger partial charge in [-0.25, -0.2) is 4.79 Å². The van der Waals surface area contributed by atoms with Gasteiger partial charge in [0.2, 0.25) is 5.91 Å². The van der Waals surface area contributed by atoms with Crippen LogP contribution in [0.25, 0.3) is 0 Å². The maximum atomic E-state index is 12.1. The number of β-amino-alcohol motifs (C(OH)–C–C–N with tert-alkyl or cyclic N) is 1. The van der Waals surface area contributed by atoms with Crippen molar-refractivity contribution in [2.75, 3.05) is 20.1 Å². The van der Waals surface area contributed by atoms with E-state index in [4.69, 9.17) is 5.73 Å². The summed E-state index contributed by atoms with van der Waals surface area (Å²) in [4.78, 5) is 26.3. The van der Waals surface area contributed by atoms with Crippen molar-refractivity contribution in [2.45, 2.75) is 32.4 Å². The van der Waals surface area contributed by atoms with Gasteiger partial charge in [0.25, 0.3) is 0 Å². The molecular formula is C11H21N3O3. The summed E-state index contributed by atoms with van der Waals surface area (Å²) < 4.78 is 0. The third-order valence-corrected chi connectivity index (χ3v) is 3.08. The number of likely N-dealkylation sites (tertiary alicyclic amines) is 1. The molecule has 0 bridgehead atoms. The van der Waals surface area contributed by atoms with Crippen molar-refractivity contribution in [3.63, 3.8) is 0 Å². The van der Waals surface area contributed by atoms with Crippen LogP contribution in [0.15, 0.2) is 0 Å². The summed E-state index contributed by atoms with van der Waals surface area (Å²) >= 11 is 0. The maximum absolute atomic E-state index is 12.1. The second kappa shape index (κ2) is 5.35. The minimum Gasteiger partial charge on any atom is -0.391 e. The van der Waals surface area contributed by atoms with Crippen LogP contribution >= 0.6 is 0 Å². The summed E-state index contributed by atoms with van der Waals surface area (Å²) in [7, 11) is 1.57. The molecule has 1 saturated heterocycles. The summed E-state index contributed by atoms with van der Waals surface area (Å²) in [6.45, 7) is 4.54. The summed E-state index contributed by atoms with van der Waals surface area (Å²) in [5, 5.41) is 9.38. The number of rotatable bonds is 3. The molecule has 0 aromatic carbocycles. The van der Waals surface area contributed by atoms with Crippen LogP contribution in [0.2, 0.25) is 0 Å². The highest BCUT2D eigenvalue weighted by Gasteiger charge is 2.33. The fraction of sp³-hybridized carbons (Fsp3) is 0.818. The molecule has 6 nitrogen and oxygen atoms in total. The molecule has 0 saturated carbocycles. The van der Waals surface area contributed by atoms with Crippen LogP contribution in [-0.4, -0.2) is 59.1 Å². The molecule has 3 N–H and O–H groups in total. The SMILES string of the molecule is CC(C)[C@@H](C(N)=O)N(C)C(=O)N1CC[C@H](O)C1. The number of nitrogens with zero attached hydrogens (tertiary/aromatic N) is 2. The first-order valence-electron chi connectivity index (χ1n) is 5.83. The van der Waals surface area contributed by atoms with Gasteiger partial charge in [0.1, 0.15) is 6.04 Å². The van der Waals surface area contributed by atoms with E-state index >= 15 is 0 Å². The number of aliphatic hydroxyl groups is 1. The number of aliphatic hydroxyl groups excluding tert-OH is 1. The first-order valence-corrected chi connectivity index (χ1v) is 5.83. The van der Waals surface area contributed by atoms with Crippen LogP contribution < -0.4 is 5.73 Å². The number of carbonyl (C=O) groups is 2. The molecular weight excluding hydrogens is 222 g/mol. The van der Waals surface area contributed by atoms with Gasteiger partial charge < -0.3 is 20.6 Å². The average molecular weight is 243 g/mol. The highest BCUT2D eigenvalue weighted by atomic mass is 16.3. The van der Waals surface area contributed by atoms with E-state index in [-0.39, 0.29) is 11.9 Å². The Morgan fingerprint density at radius 1 is 1.47 bits per heavy atom. The molecule has 0 spiro atoms. The molecule has 6 heteroatoms. The van der Waals surface area contributed by atoms with E-state index in [1.54, 1.807) is 11.9 Å². The Morgan fingerprint density at radius 2 is 2.06 bits per heavy atom. The van der Waals surface area contributed by atoms with Crippen molar-refractivity contribution < 1.29 is 14.7 Å². The maximum Gasteiger partial charge on any atom is 0.320 e. The van der Waals surface area contributed by atoms with E-state index in [1.165, 1.54) is 4.90 Å². The van der Waals surface area contributed by atoms with Crippen LogP contribution in [-0.2, 0) is 4.79 Å². The summed E-state index contributed by atoms with van der Waals surface area (Å²) in [6, 6.07) is -0.862. The zero-order valence-electron chi connectivity index (χ0n) is 10.6. The molecule has 3 amide bonds. The lowest BCUT2D eigenvalue weighted by molar-refractivity contribution is -0.123. The molecule has 17 heavy (non-hydrogen) atoms. The smallest absolute Gasteiger partial charge is 0.320 e. The molecule has 98 valence electrons. The topological polar surface area (TPSA) is 86.9 Å². The fourth-order valence-electron chi connectivity index (χ4n) is 2.22. The zero-order valence-corrected chi connectivity index (χ0v) is 10.6. The second-order valence-corrected chi connectivity index (χ2v) is 4.87. The number of nitrogens with two attached hydrogens (primary N) is 1. The van der Waals surface area contributed by atoms with Gasteiger partial charge in [0.15, 0.2) is 0 Å². The lowest BCUT2D eigenvalue weighted by Crippen LogP contribution is -2.52. The quantitative estimate of drug-likeness (QED) is 0.708. The van der Waals surface area contributed by atoms with Crippen LogP contribution in [0, 0.1) is 5.92 Å². The Bertz CT molecular complexity index is 306. The first-order chi connectivity index (χ1) is 7.84. The van der Waals surface area contributed by atoms with E-state index in [2.05, 4.69) is 0 Å². The molecule has 1 aliphatic heterocycles. The minimum absolute atomic E-state index is 0.0334. The molecule has 0 aliphatic carbocycles. The van der Waals surface area contributed by atoms with E-state index < -0.39 is 18.1 Å². The average Bonchev–Trinajstić information content (AvgIpc) is 2.62. The molecule has 1 rings (SSSR count). The monoisotopic (exact) mass is 243 g/mol. The van der Waals surface area contributed by atoms with Crippen molar-refractivity contribution in [2.24, 2.45) is 11.7 Å². The number of carbonyl (C=O) groups excluding carboxylic acids is 2. The highest BCUT2D eigenvalue weighted by Crippen LogP contribution is 2.15. The number of hydrogen-bond donors (Lipinski definition) is 2. The number of hydrogen-bond acceptors (Lipinski definition) is 3. The van der Waals surface area contributed by atoms with Crippen molar-refractivity contribution in [3.05, 3.63) is 0 Å². The van der Waals surface area contributed by atoms with Crippen molar-refractivity contribution in [3.8, 4) is 0 Å². The minimum atomic E-state index is -0.611. The lowest BCUT2D eigenvalue weighted by atomic mass is 10.0. The Morgan fingerprint density at radius 3 is 2.41 bits per heavy atom. The van der Waals surface area contributed by atoms with Crippen molar-refractivity contribution in [1.82, 2.24) is 9.80 Å². The van der Waals surface area contributed by atoms with Gasteiger partial charge in [-0.1, -0.05) is 13.8 Å². The fourth-order valence-corrected chi connectivity index (χ4v) is 2.22. The third-order valence-electron chi connectivity index (χ3n) is 3.08. The normalized spacial score (nSPS) is 21.7. The molecule has 0 unspecified atom stereocenters. The summed E-state index contributed by atoms with van der Waals surface area (Å²) in [5.74, 6) is -0.537. The molecule has 2 atom stereocenters. The van der Waals surface area contributed by atoms with Gasteiger partial charge in [-0.05, 0) is 12.3 Å². The second-order valence-electron chi connectivity index (χ2n) is 4.87. The zero-order chi connectivity index (χ0) is 13.2. The standard InChI is InChI=1S/C11H21N3O3/c1-7(2)9(10(12)16)13(3)11(17)14-5-4-8(15)6-14/h7-9,15H,4-6H2,1-3H3,(H2,12,16)/t8-,9-/m0/s1. The van der Waals surface area contributed by atoms with Crippen LogP contribution in [0.1, 0.15) is 20.3 Å². The third kappa shape index (κ3) is 3.09. The number of likely N-dealkylation sites (N-methyl/N-ethyl adjacent to an activating group) is 1. The molecule has 1 fully saturated rings. The van der Waals surface area contributed by atoms with E-state index in [0.29, 0.717) is 19.5 Å². The molecule has 1 heterocycles. The van der Waals surface area contributed by atoms with E-state index in [9.17, 15) is 14.7 Å². The molecule has 1 aliphatic rings. The lowest BCUT2D eigenvalue weighted by Gasteiger charge is -2.32. The van der Waals surface area contributed by atoms with Crippen molar-refractivity contribution in [1.29, 1.82) is 0 Å². The summed E-state index contributed by atoms with van der Waals surface area (Å²) in [5.41, 5.74) is 5.30. The van der Waals surface area contributed by atoms with Crippen molar-refractivity contribution >= 4 is 11.9 Å². The van der Waals surface area contributed by atoms with Gasteiger partial charge in [-0.3, -0.25) is 4.79 Å². The first kappa shape index (κ1) is 13.8. The Labute approximate surface area is 101 Å².